The molecular weight excluding hydrogens is 178 g/mol. The molecule has 0 saturated heterocycles. The van der Waals surface area contributed by atoms with Gasteiger partial charge in [0.15, 0.2) is 6.29 Å². The number of aliphatic hydroxyl groups is 4. The molecule has 1 aliphatic carbocycles. The summed E-state index contributed by atoms with van der Waals surface area (Å²) < 4.78 is 0. The SMILES string of the molecule is N[C@@]1(O)CC(O)(C=O)C[C@@H](O)C1O. The lowest BCUT2D eigenvalue weighted by Gasteiger charge is -2.42. The molecule has 1 fully saturated rings. The van der Waals surface area contributed by atoms with Crippen LogP contribution in [0.5, 0.6) is 0 Å². The molecular formula is C7H13NO5. The van der Waals surface area contributed by atoms with Crippen LogP contribution in [0.15, 0.2) is 0 Å². The molecule has 13 heavy (non-hydrogen) atoms. The zero-order chi connectivity index (χ0) is 10.3. The molecule has 6 nitrogen and oxygen atoms in total. The first-order chi connectivity index (χ1) is 5.81. The smallest absolute Gasteiger partial charge is 0.151 e. The van der Waals surface area contributed by atoms with Gasteiger partial charge in [0.2, 0.25) is 0 Å². The Balaban J connectivity index is 2.87. The predicted molar refractivity (Wildman–Crippen MR) is 41.4 cm³/mol. The molecule has 0 spiro atoms. The third-order valence-corrected chi connectivity index (χ3v) is 2.25. The zero-order valence-electron chi connectivity index (χ0n) is 6.92. The van der Waals surface area contributed by atoms with Gasteiger partial charge in [-0.25, -0.2) is 0 Å². The first-order valence-corrected chi connectivity index (χ1v) is 3.87. The summed E-state index contributed by atoms with van der Waals surface area (Å²) in [5.41, 5.74) is 1.20. The topological polar surface area (TPSA) is 124 Å². The van der Waals surface area contributed by atoms with Crippen LogP contribution in [0.4, 0.5) is 0 Å². The van der Waals surface area contributed by atoms with Gasteiger partial charge in [0.1, 0.15) is 17.4 Å². The maximum absolute atomic E-state index is 10.4. The summed E-state index contributed by atoms with van der Waals surface area (Å²) in [7, 11) is 0. The Bertz CT molecular complexity index is 219. The van der Waals surface area contributed by atoms with Crippen LogP contribution in [0.2, 0.25) is 0 Å². The van der Waals surface area contributed by atoms with Crippen molar-refractivity contribution in [2.45, 2.75) is 36.4 Å². The van der Waals surface area contributed by atoms with E-state index in [0.717, 1.165) is 0 Å². The Labute approximate surface area is 74.6 Å². The van der Waals surface area contributed by atoms with E-state index in [9.17, 15) is 25.2 Å². The molecule has 0 aromatic carbocycles. The second kappa shape index (κ2) is 3.00. The van der Waals surface area contributed by atoms with Gasteiger partial charge in [-0.2, -0.15) is 0 Å². The van der Waals surface area contributed by atoms with E-state index < -0.39 is 30.0 Å². The van der Waals surface area contributed by atoms with E-state index in [1.165, 1.54) is 0 Å². The first-order valence-electron chi connectivity index (χ1n) is 3.87. The zero-order valence-corrected chi connectivity index (χ0v) is 6.92. The highest BCUT2D eigenvalue weighted by atomic mass is 16.4. The molecule has 0 radical (unpaired) electrons. The highest BCUT2D eigenvalue weighted by Crippen LogP contribution is 2.31. The fraction of sp³-hybridized carbons (Fsp3) is 0.857. The number of hydrogen-bond donors (Lipinski definition) is 5. The average molecular weight is 191 g/mol. The second-order valence-electron chi connectivity index (χ2n) is 3.61. The lowest BCUT2D eigenvalue weighted by Crippen LogP contribution is -2.65. The van der Waals surface area contributed by atoms with Crippen molar-refractivity contribution in [2.24, 2.45) is 5.73 Å². The Morgan fingerprint density at radius 1 is 1.38 bits per heavy atom. The fourth-order valence-corrected chi connectivity index (χ4v) is 1.56. The van der Waals surface area contributed by atoms with Gasteiger partial charge < -0.3 is 31.0 Å². The van der Waals surface area contributed by atoms with E-state index in [4.69, 9.17) is 5.73 Å². The van der Waals surface area contributed by atoms with Crippen LogP contribution < -0.4 is 5.73 Å². The quantitative estimate of drug-likeness (QED) is 0.223. The van der Waals surface area contributed by atoms with Crippen molar-refractivity contribution in [3.8, 4) is 0 Å². The monoisotopic (exact) mass is 191 g/mol. The molecule has 2 unspecified atom stereocenters. The molecule has 4 atom stereocenters. The molecule has 6 heteroatoms. The fourth-order valence-electron chi connectivity index (χ4n) is 1.56. The number of aldehydes is 1. The van der Waals surface area contributed by atoms with Gasteiger partial charge in [-0.3, -0.25) is 0 Å². The van der Waals surface area contributed by atoms with E-state index in [-0.39, 0.29) is 12.7 Å². The van der Waals surface area contributed by atoms with E-state index >= 15 is 0 Å². The maximum atomic E-state index is 10.4. The van der Waals surface area contributed by atoms with Crippen LogP contribution in [-0.4, -0.2) is 50.2 Å². The van der Waals surface area contributed by atoms with Crippen molar-refractivity contribution in [1.29, 1.82) is 0 Å². The van der Waals surface area contributed by atoms with Gasteiger partial charge >= 0.3 is 0 Å². The molecule has 0 aromatic heterocycles. The number of carbonyl (C=O) groups is 1. The van der Waals surface area contributed by atoms with Gasteiger partial charge in [-0.05, 0) is 0 Å². The minimum atomic E-state index is -2.13. The summed E-state index contributed by atoms with van der Waals surface area (Å²) in [4.78, 5) is 10.4. The molecule has 0 heterocycles. The number of aliphatic hydroxyl groups excluding tert-OH is 2. The van der Waals surface area contributed by atoms with E-state index in [1.54, 1.807) is 0 Å². The van der Waals surface area contributed by atoms with Gasteiger partial charge in [-0.15, -0.1) is 0 Å². The summed E-state index contributed by atoms with van der Waals surface area (Å²) >= 11 is 0. The highest BCUT2D eigenvalue weighted by Gasteiger charge is 2.50. The van der Waals surface area contributed by atoms with E-state index in [1.807, 2.05) is 0 Å². The van der Waals surface area contributed by atoms with Crippen LogP contribution in [-0.2, 0) is 4.79 Å². The summed E-state index contributed by atoms with van der Waals surface area (Å²) in [5, 5.41) is 37.1. The molecule has 6 N–H and O–H groups in total. The highest BCUT2D eigenvalue weighted by molar-refractivity contribution is 5.62. The van der Waals surface area contributed by atoms with E-state index in [2.05, 4.69) is 0 Å². The Morgan fingerprint density at radius 2 is 1.92 bits per heavy atom. The van der Waals surface area contributed by atoms with Crippen LogP contribution in [0.3, 0.4) is 0 Å². The van der Waals surface area contributed by atoms with Crippen LogP contribution in [0.1, 0.15) is 12.8 Å². The van der Waals surface area contributed by atoms with Crippen LogP contribution >= 0.6 is 0 Å². The first kappa shape index (κ1) is 10.6. The minimum Gasteiger partial charge on any atom is -0.390 e. The van der Waals surface area contributed by atoms with Gasteiger partial charge in [-0.1, -0.05) is 0 Å². The predicted octanol–water partition coefficient (Wildman–Crippen LogP) is -2.92. The van der Waals surface area contributed by atoms with Gasteiger partial charge in [0.25, 0.3) is 0 Å². The van der Waals surface area contributed by atoms with Crippen molar-refractivity contribution in [2.75, 3.05) is 0 Å². The lowest BCUT2D eigenvalue weighted by molar-refractivity contribution is -0.198. The molecule has 0 aromatic rings. The summed E-state index contributed by atoms with van der Waals surface area (Å²) in [5.74, 6) is 0. The molecule has 0 aliphatic heterocycles. The summed E-state index contributed by atoms with van der Waals surface area (Å²) in [6.07, 6.45) is -3.55. The largest absolute Gasteiger partial charge is 0.390 e. The third-order valence-electron chi connectivity index (χ3n) is 2.25. The lowest BCUT2D eigenvalue weighted by atomic mass is 9.77. The Morgan fingerprint density at radius 3 is 2.31 bits per heavy atom. The van der Waals surface area contributed by atoms with E-state index in [0.29, 0.717) is 0 Å². The molecule has 1 aliphatic rings. The summed E-state index contributed by atoms with van der Waals surface area (Å²) in [6.45, 7) is 0. The second-order valence-corrected chi connectivity index (χ2v) is 3.61. The maximum Gasteiger partial charge on any atom is 0.151 e. The van der Waals surface area contributed by atoms with Crippen molar-refractivity contribution in [1.82, 2.24) is 0 Å². The van der Waals surface area contributed by atoms with Crippen molar-refractivity contribution in [3.63, 3.8) is 0 Å². The number of nitrogens with two attached hydrogens (primary N) is 1. The summed E-state index contributed by atoms with van der Waals surface area (Å²) in [6, 6.07) is 0. The molecule has 0 amide bonds. The van der Waals surface area contributed by atoms with Gasteiger partial charge in [0, 0.05) is 12.8 Å². The third kappa shape index (κ3) is 1.87. The Hall–Kier alpha value is -0.530. The average Bonchev–Trinajstić information content (AvgIpc) is 2.00. The normalized spacial score (nSPS) is 51.8. The van der Waals surface area contributed by atoms with Crippen LogP contribution in [0.25, 0.3) is 0 Å². The molecule has 1 saturated carbocycles. The van der Waals surface area contributed by atoms with Crippen LogP contribution in [0, 0.1) is 0 Å². The molecule has 0 bridgehead atoms. The number of rotatable bonds is 1. The Kier molecular flexibility index (Phi) is 2.44. The standard InChI is InChI=1S/C7H13NO5/c8-7(13)2-6(12,3-9)1-4(10)5(7)11/h3-5,10-13H,1-2,8H2/t4-,5?,6?,7-/m1/s1. The van der Waals surface area contributed by atoms with Crippen molar-refractivity contribution in [3.05, 3.63) is 0 Å². The molecule has 76 valence electrons. The van der Waals surface area contributed by atoms with Crippen molar-refractivity contribution < 1.29 is 25.2 Å². The number of hydrogen-bond acceptors (Lipinski definition) is 6. The van der Waals surface area contributed by atoms with Crippen molar-refractivity contribution >= 4 is 6.29 Å². The number of carbonyl (C=O) groups excluding carboxylic acids is 1. The van der Waals surface area contributed by atoms with Gasteiger partial charge in [0.05, 0.1) is 6.10 Å². The minimum absolute atomic E-state index is 0.208. The molecule has 1 rings (SSSR count).